The highest BCUT2D eigenvalue weighted by atomic mass is 31.2. The Bertz CT molecular complexity index is 1110. The summed E-state index contributed by atoms with van der Waals surface area (Å²) < 4.78 is 29.2. The van der Waals surface area contributed by atoms with Crippen molar-refractivity contribution in [2.24, 2.45) is 0 Å². The summed E-state index contributed by atoms with van der Waals surface area (Å²) in [6.45, 7) is 3.03. The molecule has 1 amide bonds. The molecule has 10 nitrogen and oxygen atoms in total. The van der Waals surface area contributed by atoms with E-state index in [0.717, 1.165) is 37.3 Å². The number of rotatable bonds is 8. The summed E-state index contributed by atoms with van der Waals surface area (Å²) >= 11 is 0. The summed E-state index contributed by atoms with van der Waals surface area (Å²) in [7, 11) is -1.48. The summed E-state index contributed by atoms with van der Waals surface area (Å²) in [6, 6.07) is 9.50. The van der Waals surface area contributed by atoms with Gasteiger partial charge in [0.1, 0.15) is 5.75 Å². The maximum atomic E-state index is 13.4. The van der Waals surface area contributed by atoms with Gasteiger partial charge in [0.05, 0.1) is 11.0 Å². The lowest BCUT2D eigenvalue weighted by atomic mass is 10.1. The van der Waals surface area contributed by atoms with Crippen LogP contribution >= 0.6 is 7.67 Å². The molecule has 2 aliphatic heterocycles. The zero-order chi connectivity index (χ0) is 22.5. The van der Waals surface area contributed by atoms with Crippen molar-refractivity contribution < 1.29 is 23.5 Å². The van der Waals surface area contributed by atoms with Gasteiger partial charge in [-0.3, -0.25) is 24.0 Å². The number of fused-ring (bicyclic) bond motifs is 1. The fraction of sp³-hybridized carbons (Fsp3) is 0.381. The maximum Gasteiger partial charge on any atom is 0.346 e. The maximum absolute atomic E-state index is 13.4. The van der Waals surface area contributed by atoms with Crippen LogP contribution in [0.1, 0.15) is 34.0 Å². The Morgan fingerprint density at radius 3 is 2.38 bits per heavy atom. The number of carbonyl (C=O) groups excluding carboxylic acids is 1. The van der Waals surface area contributed by atoms with Gasteiger partial charge in [-0.05, 0) is 54.3 Å². The molecule has 3 aliphatic rings. The van der Waals surface area contributed by atoms with Gasteiger partial charge in [0, 0.05) is 44.9 Å². The molecule has 5 rings (SSSR count). The first-order chi connectivity index (χ1) is 15.4. The summed E-state index contributed by atoms with van der Waals surface area (Å²) in [5.74, 6) is 0.225. The van der Waals surface area contributed by atoms with Crippen LogP contribution in [0.15, 0.2) is 36.4 Å². The van der Waals surface area contributed by atoms with Gasteiger partial charge >= 0.3 is 13.4 Å². The Balaban J connectivity index is 1.43. The van der Waals surface area contributed by atoms with Crippen LogP contribution in [-0.2, 0) is 15.5 Å². The van der Waals surface area contributed by atoms with Crippen molar-refractivity contribution in [2.75, 3.05) is 33.2 Å². The number of ether oxygens (including phenoxy) is 1. The normalized spacial score (nSPS) is 20.0. The van der Waals surface area contributed by atoms with Gasteiger partial charge in [-0.15, -0.1) is 0 Å². The molecular formula is C21H23N4O6P. The minimum atomic E-state index is -3.02. The highest BCUT2D eigenvalue weighted by molar-refractivity contribution is 7.54. The van der Waals surface area contributed by atoms with Crippen molar-refractivity contribution in [3.05, 3.63) is 63.2 Å². The molecule has 11 heteroatoms. The van der Waals surface area contributed by atoms with E-state index in [9.17, 15) is 19.5 Å². The average Bonchev–Trinajstić information content (AvgIpc) is 3.70. The number of hydrogen-bond acceptors (Lipinski definition) is 6. The molecule has 0 bridgehead atoms. The van der Waals surface area contributed by atoms with Gasteiger partial charge in [-0.1, -0.05) is 0 Å². The molecule has 0 radical (unpaired) electrons. The predicted octanol–water partition coefficient (Wildman–Crippen LogP) is 3.49. The van der Waals surface area contributed by atoms with Gasteiger partial charge in [0.15, 0.2) is 0 Å². The standard InChI is InChI=1S/C21H23N4O6P/c1-22-21(26)14-2-5-16(6-3-14)30-20-13-17-15(12-18(20)25(27)28)4-7-19(17)31-32(29,23-8-9-23)24-10-11-24/h2-3,5-6,12-13,19H,4,7-11H2,1H3,(H,22,26)/t19-/m1/s1. The van der Waals surface area contributed by atoms with E-state index in [1.54, 1.807) is 37.4 Å². The van der Waals surface area contributed by atoms with Crippen molar-refractivity contribution in [3.8, 4) is 11.5 Å². The summed E-state index contributed by atoms with van der Waals surface area (Å²) in [5.41, 5.74) is 1.90. The lowest BCUT2D eigenvalue weighted by molar-refractivity contribution is -0.385. The smallest absolute Gasteiger partial charge is 0.346 e. The minimum absolute atomic E-state index is 0.0882. The first-order valence-electron chi connectivity index (χ1n) is 10.5. The highest BCUT2D eigenvalue weighted by Gasteiger charge is 2.51. The van der Waals surface area contributed by atoms with Crippen molar-refractivity contribution in [2.45, 2.75) is 18.9 Å². The van der Waals surface area contributed by atoms with E-state index in [4.69, 9.17) is 9.26 Å². The van der Waals surface area contributed by atoms with Gasteiger partial charge in [-0.2, -0.15) is 0 Å². The number of nitrogens with one attached hydrogen (secondary N) is 1. The van der Waals surface area contributed by atoms with Crippen molar-refractivity contribution in [1.29, 1.82) is 0 Å². The van der Waals surface area contributed by atoms with E-state index in [1.165, 1.54) is 6.07 Å². The molecule has 2 aromatic rings. The van der Waals surface area contributed by atoms with Crippen molar-refractivity contribution in [1.82, 2.24) is 14.7 Å². The molecule has 32 heavy (non-hydrogen) atoms. The molecule has 0 unspecified atom stereocenters. The molecule has 0 aromatic heterocycles. The molecule has 0 saturated carbocycles. The number of nitrogens with zero attached hydrogens (tertiary/aromatic N) is 3. The molecule has 2 fully saturated rings. The lowest BCUT2D eigenvalue weighted by Gasteiger charge is -2.24. The van der Waals surface area contributed by atoms with Crippen LogP contribution in [0.5, 0.6) is 11.5 Å². The van der Waals surface area contributed by atoms with Crippen LogP contribution in [0.25, 0.3) is 0 Å². The van der Waals surface area contributed by atoms with Crippen LogP contribution in [0.3, 0.4) is 0 Å². The monoisotopic (exact) mass is 458 g/mol. The van der Waals surface area contributed by atoms with E-state index in [0.29, 0.717) is 24.2 Å². The predicted molar refractivity (Wildman–Crippen MR) is 116 cm³/mol. The largest absolute Gasteiger partial charge is 0.450 e. The Kier molecular flexibility index (Phi) is 5.25. The number of carbonyl (C=O) groups is 1. The second-order valence-corrected chi connectivity index (χ2v) is 10.3. The fourth-order valence-electron chi connectivity index (χ4n) is 3.94. The van der Waals surface area contributed by atoms with E-state index >= 15 is 0 Å². The Morgan fingerprint density at radius 2 is 1.81 bits per heavy atom. The first-order valence-corrected chi connectivity index (χ1v) is 12.0. The van der Waals surface area contributed by atoms with Crippen LogP contribution in [0, 0.1) is 10.1 Å². The van der Waals surface area contributed by atoms with Gasteiger partial charge < -0.3 is 10.1 Å². The highest BCUT2D eigenvalue weighted by Crippen LogP contribution is 2.64. The topological polar surface area (TPSA) is 114 Å². The number of hydrogen-bond donors (Lipinski definition) is 1. The quantitative estimate of drug-likeness (QED) is 0.277. The van der Waals surface area contributed by atoms with Crippen LogP contribution < -0.4 is 10.1 Å². The fourth-order valence-corrected chi connectivity index (χ4v) is 6.30. The number of benzene rings is 2. The Hall–Kier alpha value is -2.78. The van der Waals surface area contributed by atoms with E-state index < -0.39 is 18.7 Å². The molecule has 0 spiro atoms. The number of nitro benzene ring substituents is 1. The number of aryl methyl sites for hydroxylation is 1. The van der Waals surface area contributed by atoms with Gasteiger partial charge in [0.25, 0.3) is 5.91 Å². The SMILES string of the molecule is CNC(=O)c1ccc(Oc2cc3c(cc2[N+](=O)[O-])CC[C@H]3OP(=O)(N2CC2)N2CC2)cc1. The summed E-state index contributed by atoms with van der Waals surface area (Å²) in [5, 5.41) is 14.2. The zero-order valence-electron chi connectivity index (χ0n) is 17.5. The molecule has 1 N–H and O–H groups in total. The van der Waals surface area contributed by atoms with Gasteiger partial charge in [0.2, 0.25) is 5.75 Å². The van der Waals surface area contributed by atoms with E-state index in [1.807, 2.05) is 9.34 Å². The van der Waals surface area contributed by atoms with Crippen molar-refractivity contribution in [3.63, 3.8) is 0 Å². The van der Waals surface area contributed by atoms with Crippen molar-refractivity contribution >= 4 is 19.3 Å². The van der Waals surface area contributed by atoms with Gasteiger partial charge in [-0.25, -0.2) is 9.34 Å². The third kappa shape index (κ3) is 3.91. The summed E-state index contributed by atoms with van der Waals surface area (Å²) in [4.78, 5) is 22.9. The lowest BCUT2D eigenvalue weighted by Crippen LogP contribution is -2.17. The zero-order valence-corrected chi connectivity index (χ0v) is 18.4. The van der Waals surface area contributed by atoms with Crippen LogP contribution in [0.2, 0.25) is 0 Å². The summed E-state index contributed by atoms with van der Waals surface area (Å²) in [6.07, 6.45) is 0.820. The third-order valence-electron chi connectivity index (χ3n) is 5.84. The third-order valence-corrected chi connectivity index (χ3v) is 8.60. The molecule has 1 atom stereocenters. The first kappa shape index (κ1) is 21.1. The second kappa shape index (κ2) is 7.97. The molecule has 2 heterocycles. The molecule has 2 aromatic carbocycles. The molecule has 1 aliphatic carbocycles. The molecule has 168 valence electrons. The van der Waals surface area contributed by atoms with E-state index in [-0.39, 0.29) is 17.3 Å². The second-order valence-electron chi connectivity index (χ2n) is 8.01. The Labute approximate surface area is 184 Å². The Morgan fingerprint density at radius 1 is 1.16 bits per heavy atom. The van der Waals surface area contributed by atoms with Crippen LogP contribution in [0.4, 0.5) is 5.69 Å². The molecule has 2 saturated heterocycles. The number of nitro groups is 1. The molecular weight excluding hydrogens is 435 g/mol. The minimum Gasteiger partial charge on any atom is -0.450 e. The van der Waals surface area contributed by atoms with E-state index in [2.05, 4.69) is 5.32 Å². The number of amides is 1. The average molecular weight is 458 g/mol. The van der Waals surface area contributed by atoms with Crippen LogP contribution in [-0.4, -0.2) is 53.4 Å².